The van der Waals surface area contributed by atoms with Gasteiger partial charge in [-0.15, -0.1) is 23.2 Å². The minimum absolute atomic E-state index is 0.0903. The van der Waals surface area contributed by atoms with Crippen LogP contribution in [0.1, 0.15) is 5.56 Å². The number of nitro benzene ring substituents is 1. The summed E-state index contributed by atoms with van der Waals surface area (Å²) >= 11 is 11.8. The quantitative estimate of drug-likeness (QED) is 0.522. The Bertz CT molecular complexity index is 871. The van der Waals surface area contributed by atoms with Crippen molar-refractivity contribution in [1.82, 2.24) is 5.06 Å². The van der Waals surface area contributed by atoms with E-state index < -0.39 is 15.9 Å². The smallest absolute Gasteiger partial charge is 0.270 e. The Balaban J connectivity index is 2.36. The van der Waals surface area contributed by atoms with Crippen LogP contribution < -0.4 is 10.6 Å². The average molecular weight is 352 g/mol. The lowest BCUT2D eigenvalue weighted by atomic mass is 10.1. The van der Waals surface area contributed by atoms with E-state index in [0.29, 0.717) is 21.8 Å². The molecule has 8 heteroatoms. The molecule has 23 heavy (non-hydrogen) atoms. The summed E-state index contributed by atoms with van der Waals surface area (Å²) in [4.78, 5) is 13.8. The maximum Gasteiger partial charge on any atom is 0.270 e. The molecule has 118 valence electrons. The van der Waals surface area contributed by atoms with Gasteiger partial charge in [0.15, 0.2) is 11.0 Å². The first-order valence-electron chi connectivity index (χ1n) is 6.67. The number of alkyl halides is 2. The monoisotopic (exact) mass is 351 g/mol. The molecule has 1 unspecified atom stereocenters. The topological polar surface area (TPSA) is 79.0 Å². The van der Waals surface area contributed by atoms with Crippen LogP contribution >= 0.6 is 23.2 Å². The Labute approximate surface area is 141 Å². The lowest BCUT2D eigenvalue weighted by molar-refractivity contribution is -0.385. The SMILES string of the molecule is O=[N+]([O-])c1ccc2c(c1)=C(c1ccccc1)N(O)C(C(Cl)Cl)N=2. The third kappa shape index (κ3) is 2.88. The van der Waals surface area contributed by atoms with Crippen LogP contribution in [0.2, 0.25) is 0 Å². The fourth-order valence-electron chi connectivity index (χ4n) is 2.44. The summed E-state index contributed by atoms with van der Waals surface area (Å²) in [6.45, 7) is 0. The molecule has 0 fully saturated rings. The third-order valence-corrected chi connectivity index (χ3v) is 3.92. The first-order valence-corrected chi connectivity index (χ1v) is 7.54. The van der Waals surface area contributed by atoms with Gasteiger partial charge in [0.1, 0.15) is 0 Å². The van der Waals surface area contributed by atoms with Gasteiger partial charge in [-0.05, 0) is 6.07 Å². The third-order valence-electron chi connectivity index (χ3n) is 3.47. The zero-order chi connectivity index (χ0) is 16.6. The van der Waals surface area contributed by atoms with E-state index in [1.54, 1.807) is 24.3 Å². The van der Waals surface area contributed by atoms with Crippen LogP contribution in [0.3, 0.4) is 0 Å². The molecule has 1 aliphatic rings. The lowest BCUT2D eigenvalue weighted by Crippen LogP contribution is -2.47. The average Bonchev–Trinajstić information content (AvgIpc) is 2.54. The van der Waals surface area contributed by atoms with E-state index in [1.165, 1.54) is 18.2 Å². The van der Waals surface area contributed by atoms with Crippen molar-refractivity contribution in [1.29, 1.82) is 0 Å². The van der Waals surface area contributed by atoms with Crippen molar-refractivity contribution in [2.75, 3.05) is 0 Å². The molecule has 0 spiro atoms. The summed E-state index contributed by atoms with van der Waals surface area (Å²) in [5, 5.41) is 23.3. The van der Waals surface area contributed by atoms with Crippen LogP contribution in [0.5, 0.6) is 0 Å². The maximum absolute atomic E-state index is 11.0. The molecule has 3 rings (SSSR count). The number of fused-ring (bicyclic) bond motifs is 1. The van der Waals surface area contributed by atoms with Crippen molar-refractivity contribution in [2.45, 2.75) is 11.0 Å². The second-order valence-corrected chi connectivity index (χ2v) is 6.06. The molecule has 2 aromatic carbocycles. The minimum atomic E-state index is -0.970. The normalized spacial score (nSPS) is 17.0. The summed E-state index contributed by atoms with van der Waals surface area (Å²) in [6.07, 6.45) is -0.900. The van der Waals surface area contributed by atoms with Crippen LogP contribution in [-0.2, 0) is 0 Å². The Morgan fingerprint density at radius 1 is 1.22 bits per heavy atom. The summed E-state index contributed by atoms with van der Waals surface area (Å²) in [7, 11) is 0. The summed E-state index contributed by atoms with van der Waals surface area (Å²) in [6, 6.07) is 13.2. The van der Waals surface area contributed by atoms with Crippen LogP contribution in [0.4, 0.5) is 5.69 Å². The Kier molecular flexibility index (Phi) is 4.21. The highest BCUT2D eigenvalue weighted by atomic mass is 35.5. The summed E-state index contributed by atoms with van der Waals surface area (Å²) in [5.74, 6) is 0. The molecule has 0 bridgehead atoms. The fraction of sp³-hybridized carbons (Fsp3) is 0.133. The van der Waals surface area contributed by atoms with E-state index in [0.717, 1.165) is 5.06 Å². The molecule has 2 aromatic rings. The minimum Gasteiger partial charge on any atom is -0.286 e. The molecule has 0 amide bonds. The second-order valence-electron chi connectivity index (χ2n) is 4.89. The number of hydroxylamine groups is 2. The number of rotatable bonds is 3. The van der Waals surface area contributed by atoms with Gasteiger partial charge in [-0.2, -0.15) is 0 Å². The van der Waals surface area contributed by atoms with Crippen molar-refractivity contribution in [2.24, 2.45) is 4.99 Å². The van der Waals surface area contributed by atoms with Crippen LogP contribution in [-0.4, -0.2) is 26.2 Å². The van der Waals surface area contributed by atoms with Gasteiger partial charge in [0.2, 0.25) is 0 Å². The fourth-order valence-corrected chi connectivity index (χ4v) is 2.77. The molecular weight excluding hydrogens is 341 g/mol. The highest BCUT2D eigenvalue weighted by Gasteiger charge is 2.29. The molecule has 1 N–H and O–H groups in total. The largest absolute Gasteiger partial charge is 0.286 e. The molecule has 0 aliphatic carbocycles. The van der Waals surface area contributed by atoms with E-state index in [-0.39, 0.29) is 5.69 Å². The Morgan fingerprint density at radius 3 is 2.52 bits per heavy atom. The van der Waals surface area contributed by atoms with E-state index >= 15 is 0 Å². The number of hydrogen-bond acceptors (Lipinski definition) is 5. The van der Waals surface area contributed by atoms with Crippen LogP contribution in [0, 0.1) is 10.1 Å². The molecular formula is C15H11Cl2N3O3. The van der Waals surface area contributed by atoms with E-state index in [4.69, 9.17) is 23.2 Å². The highest BCUT2D eigenvalue weighted by molar-refractivity contribution is 6.44. The van der Waals surface area contributed by atoms with Gasteiger partial charge in [-0.1, -0.05) is 30.3 Å². The number of benzene rings is 2. The van der Waals surface area contributed by atoms with E-state index in [2.05, 4.69) is 4.99 Å². The summed E-state index contributed by atoms with van der Waals surface area (Å²) in [5.41, 5.74) is 0.953. The number of hydrogen-bond donors (Lipinski definition) is 1. The van der Waals surface area contributed by atoms with Gasteiger partial charge < -0.3 is 0 Å². The van der Waals surface area contributed by atoms with Crippen molar-refractivity contribution in [3.63, 3.8) is 0 Å². The molecule has 0 saturated carbocycles. The van der Waals surface area contributed by atoms with E-state index in [1.807, 2.05) is 6.07 Å². The summed E-state index contributed by atoms with van der Waals surface area (Å²) < 4.78 is 0. The molecule has 1 atom stereocenters. The molecule has 0 aromatic heterocycles. The lowest BCUT2D eigenvalue weighted by Gasteiger charge is -2.30. The predicted octanol–water partition coefficient (Wildman–Crippen LogP) is 2.21. The molecule has 0 radical (unpaired) electrons. The van der Waals surface area contributed by atoms with Gasteiger partial charge in [0.05, 0.1) is 16.0 Å². The predicted molar refractivity (Wildman–Crippen MR) is 85.7 cm³/mol. The Hall–Kier alpha value is -2.15. The number of non-ortho nitro benzene ring substituents is 1. The van der Waals surface area contributed by atoms with Gasteiger partial charge in [-0.25, -0.2) is 5.06 Å². The second kappa shape index (κ2) is 6.16. The highest BCUT2D eigenvalue weighted by Crippen LogP contribution is 2.24. The maximum atomic E-state index is 11.0. The van der Waals surface area contributed by atoms with Gasteiger partial charge in [0, 0.05) is 22.9 Å². The number of nitro groups is 1. The number of halogens is 2. The van der Waals surface area contributed by atoms with Crippen molar-refractivity contribution >= 4 is 34.6 Å². The zero-order valence-corrected chi connectivity index (χ0v) is 13.1. The van der Waals surface area contributed by atoms with Gasteiger partial charge in [0.25, 0.3) is 5.69 Å². The van der Waals surface area contributed by atoms with Crippen molar-refractivity contribution in [3.8, 4) is 0 Å². The molecule has 0 saturated heterocycles. The molecule has 1 aliphatic heterocycles. The van der Waals surface area contributed by atoms with Crippen molar-refractivity contribution < 1.29 is 10.1 Å². The first kappa shape index (κ1) is 15.7. The van der Waals surface area contributed by atoms with Crippen molar-refractivity contribution in [3.05, 3.63) is 74.8 Å². The standard InChI is InChI=1S/C15H11Cl2N3O3/c16-14(17)15-18-12-7-6-10(20(22)23)8-11(12)13(19(15)21)9-4-2-1-3-5-9/h1-8,14-15,21H. The van der Waals surface area contributed by atoms with Gasteiger partial charge in [-0.3, -0.25) is 20.3 Å². The van der Waals surface area contributed by atoms with E-state index in [9.17, 15) is 15.3 Å². The van der Waals surface area contributed by atoms with Crippen LogP contribution in [0.25, 0.3) is 5.70 Å². The molecule has 6 nitrogen and oxygen atoms in total. The Morgan fingerprint density at radius 2 is 1.91 bits per heavy atom. The zero-order valence-electron chi connectivity index (χ0n) is 11.6. The van der Waals surface area contributed by atoms with Crippen LogP contribution in [0.15, 0.2) is 53.5 Å². The molecule has 1 heterocycles. The van der Waals surface area contributed by atoms with Gasteiger partial charge >= 0.3 is 0 Å². The first-order chi connectivity index (χ1) is 11.0. The number of nitrogens with zero attached hydrogens (tertiary/aromatic N) is 3.